The first kappa shape index (κ1) is 22.1. The van der Waals surface area contributed by atoms with E-state index in [0.29, 0.717) is 18.1 Å². The van der Waals surface area contributed by atoms with E-state index in [2.05, 4.69) is 10.5 Å². The molecular weight excluding hydrogens is 423 g/mol. The fourth-order valence-electron chi connectivity index (χ4n) is 3.09. The number of benzene rings is 3. The minimum Gasteiger partial charge on any atom is -0.491 e. The van der Waals surface area contributed by atoms with E-state index < -0.39 is 5.82 Å². The Morgan fingerprint density at radius 1 is 1.00 bits per heavy atom. The summed E-state index contributed by atoms with van der Waals surface area (Å²) in [5.74, 6) is 1.13. The summed E-state index contributed by atoms with van der Waals surface area (Å²) >= 11 is 0. The van der Waals surface area contributed by atoms with Crippen LogP contribution in [0.3, 0.4) is 0 Å². The van der Waals surface area contributed by atoms with Gasteiger partial charge >= 0.3 is 0 Å². The zero-order valence-electron chi connectivity index (χ0n) is 18.2. The molecule has 168 valence electrons. The van der Waals surface area contributed by atoms with Crippen molar-refractivity contribution in [1.82, 2.24) is 10.5 Å². The summed E-state index contributed by atoms with van der Waals surface area (Å²) in [4.78, 5) is 12.5. The van der Waals surface area contributed by atoms with E-state index in [9.17, 15) is 9.18 Å². The molecule has 0 saturated heterocycles. The van der Waals surface area contributed by atoms with Crippen LogP contribution in [0.25, 0.3) is 11.3 Å². The summed E-state index contributed by atoms with van der Waals surface area (Å²) in [6.45, 7) is 4.22. The maximum Gasteiger partial charge on any atom is 0.273 e. The van der Waals surface area contributed by atoms with Gasteiger partial charge in [0.15, 0.2) is 23.0 Å². The number of ether oxygens (including phenoxy) is 2. The lowest BCUT2D eigenvalue weighted by molar-refractivity contribution is 0.0942. The van der Waals surface area contributed by atoms with Gasteiger partial charge in [0.25, 0.3) is 5.91 Å². The number of nitrogens with one attached hydrogen (secondary N) is 1. The number of carbonyl (C=O) groups excluding carboxylic acids is 1. The van der Waals surface area contributed by atoms with Crippen molar-refractivity contribution in [3.8, 4) is 28.6 Å². The third-order valence-corrected chi connectivity index (χ3v) is 4.69. The van der Waals surface area contributed by atoms with E-state index in [1.165, 1.54) is 6.07 Å². The van der Waals surface area contributed by atoms with Crippen molar-refractivity contribution < 1.29 is 23.2 Å². The van der Waals surface area contributed by atoms with Crippen molar-refractivity contribution in [3.05, 3.63) is 95.9 Å². The molecule has 1 amide bonds. The van der Waals surface area contributed by atoms with Gasteiger partial charge in [-0.15, -0.1) is 0 Å². The van der Waals surface area contributed by atoms with E-state index in [-0.39, 0.29) is 23.5 Å². The zero-order chi connectivity index (χ0) is 23.2. The van der Waals surface area contributed by atoms with Crippen molar-refractivity contribution >= 4 is 5.91 Å². The minimum atomic E-state index is -0.430. The molecule has 0 fully saturated rings. The summed E-state index contributed by atoms with van der Waals surface area (Å²) in [6, 6.07) is 22.2. The van der Waals surface area contributed by atoms with Crippen LogP contribution >= 0.6 is 0 Å². The third-order valence-electron chi connectivity index (χ3n) is 4.69. The summed E-state index contributed by atoms with van der Waals surface area (Å²) in [5, 5.41) is 6.68. The van der Waals surface area contributed by atoms with Crippen LogP contribution in [0, 0.1) is 5.82 Å². The number of hydrogen-bond donors (Lipinski definition) is 1. The summed E-state index contributed by atoms with van der Waals surface area (Å²) in [6.07, 6.45) is 0.0898. The molecule has 0 unspecified atom stereocenters. The third kappa shape index (κ3) is 5.77. The van der Waals surface area contributed by atoms with E-state index in [1.54, 1.807) is 48.5 Å². The Kier molecular flexibility index (Phi) is 6.69. The van der Waals surface area contributed by atoms with Gasteiger partial charge in [-0.05, 0) is 67.9 Å². The second-order valence-electron chi connectivity index (χ2n) is 7.63. The molecule has 0 spiro atoms. The Balaban J connectivity index is 1.33. The second-order valence-corrected chi connectivity index (χ2v) is 7.63. The highest BCUT2D eigenvalue weighted by molar-refractivity contribution is 5.93. The number of amides is 1. The zero-order valence-corrected chi connectivity index (χ0v) is 18.2. The fraction of sp³-hybridized carbons (Fsp3) is 0.154. The summed E-state index contributed by atoms with van der Waals surface area (Å²) in [5.41, 5.74) is 1.84. The highest BCUT2D eigenvalue weighted by atomic mass is 19.1. The average Bonchev–Trinajstić information content (AvgIpc) is 3.30. The molecule has 6 nitrogen and oxygen atoms in total. The van der Waals surface area contributed by atoms with Crippen molar-refractivity contribution in [2.45, 2.75) is 26.5 Å². The van der Waals surface area contributed by atoms with Crippen molar-refractivity contribution in [2.24, 2.45) is 0 Å². The molecule has 3 aromatic carbocycles. The fourth-order valence-corrected chi connectivity index (χ4v) is 3.09. The molecule has 1 N–H and O–H groups in total. The van der Waals surface area contributed by atoms with Crippen molar-refractivity contribution in [1.29, 1.82) is 0 Å². The highest BCUT2D eigenvalue weighted by Crippen LogP contribution is 2.25. The van der Waals surface area contributed by atoms with Crippen LogP contribution in [-0.4, -0.2) is 17.2 Å². The lowest BCUT2D eigenvalue weighted by atomic mass is 10.1. The Bertz CT molecular complexity index is 1220. The van der Waals surface area contributed by atoms with Crippen LogP contribution in [0.5, 0.6) is 17.2 Å². The van der Waals surface area contributed by atoms with Gasteiger partial charge in [-0.2, -0.15) is 0 Å². The van der Waals surface area contributed by atoms with Gasteiger partial charge in [-0.25, -0.2) is 4.39 Å². The lowest BCUT2D eigenvalue weighted by Gasteiger charge is -2.09. The molecule has 1 aromatic heterocycles. The van der Waals surface area contributed by atoms with Gasteiger partial charge in [0, 0.05) is 18.2 Å². The SMILES string of the molecule is CC(C)Oc1ccc(-c2cc(C(=O)NCc3ccc(Oc4ccccc4F)cc3)no2)cc1. The smallest absolute Gasteiger partial charge is 0.273 e. The van der Waals surface area contributed by atoms with Crippen LogP contribution in [0.15, 0.2) is 83.4 Å². The largest absolute Gasteiger partial charge is 0.491 e. The van der Waals surface area contributed by atoms with E-state index >= 15 is 0 Å². The normalized spacial score (nSPS) is 10.8. The first-order valence-electron chi connectivity index (χ1n) is 10.5. The predicted molar refractivity (Wildman–Crippen MR) is 122 cm³/mol. The molecule has 0 radical (unpaired) electrons. The van der Waals surface area contributed by atoms with Gasteiger partial charge in [-0.3, -0.25) is 4.79 Å². The second kappa shape index (κ2) is 9.99. The van der Waals surface area contributed by atoms with Gasteiger partial charge in [0.2, 0.25) is 0 Å². The summed E-state index contributed by atoms with van der Waals surface area (Å²) < 4.78 is 30.2. The minimum absolute atomic E-state index is 0.0898. The molecule has 0 aliphatic heterocycles. The van der Waals surface area contributed by atoms with E-state index in [0.717, 1.165) is 16.9 Å². The number of halogens is 1. The number of hydrogen-bond acceptors (Lipinski definition) is 5. The number of rotatable bonds is 8. The van der Waals surface area contributed by atoms with Gasteiger partial charge < -0.3 is 19.3 Å². The van der Waals surface area contributed by atoms with Crippen LogP contribution in [0.1, 0.15) is 29.9 Å². The predicted octanol–water partition coefficient (Wildman–Crippen LogP) is 5.99. The van der Waals surface area contributed by atoms with Gasteiger partial charge in [0.05, 0.1) is 6.10 Å². The quantitative estimate of drug-likeness (QED) is 0.360. The number of nitrogens with zero attached hydrogens (tertiary/aromatic N) is 1. The topological polar surface area (TPSA) is 73.6 Å². The van der Waals surface area contributed by atoms with Crippen molar-refractivity contribution in [2.75, 3.05) is 0 Å². The maximum absolute atomic E-state index is 13.7. The molecule has 0 saturated carbocycles. The van der Waals surface area contributed by atoms with Gasteiger partial charge in [-0.1, -0.05) is 29.4 Å². The first-order chi connectivity index (χ1) is 16.0. The molecule has 4 rings (SSSR count). The van der Waals surface area contributed by atoms with Crippen LogP contribution in [-0.2, 0) is 6.54 Å². The first-order valence-corrected chi connectivity index (χ1v) is 10.5. The average molecular weight is 446 g/mol. The Labute approximate surface area is 190 Å². The Morgan fingerprint density at radius 3 is 2.39 bits per heavy atom. The molecule has 0 aliphatic carbocycles. The molecule has 0 aliphatic rings. The highest BCUT2D eigenvalue weighted by Gasteiger charge is 2.14. The molecular formula is C26H23FN2O4. The number of para-hydroxylation sites is 1. The number of carbonyl (C=O) groups is 1. The van der Waals surface area contributed by atoms with E-state index in [1.807, 2.05) is 38.1 Å². The Morgan fingerprint density at radius 2 is 1.70 bits per heavy atom. The molecule has 4 aromatic rings. The molecule has 0 bridgehead atoms. The monoisotopic (exact) mass is 446 g/mol. The molecule has 1 heterocycles. The standard InChI is InChI=1S/C26H23FN2O4/c1-17(2)31-20-13-9-19(10-14-20)25-15-23(29-33-25)26(30)28-16-18-7-11-21(12-8-18)32-24-6-4-3-5-22(24)27/h3-15,17H,16H2,1-2H3,(H,28,30). The lowest BCUT2D eigenvalue weighted by Crippen LogP contribution is -2.22. The molecule has 33 heavy (non-hydrogen) atoms. The van der Waals surface area contributed by atoms with Crippen LogP contribution in [0.2, 0.25) is 0 Å². The Hall–Kier alpha value is -4.13. The van der Waals surface area contributed by atoms with E-state index in [4.69, 9.17) is 14.0 Å². The number of aromatic nitrogens is 1. The molecule has 7 heteroatoms. The van der Waals surface area contributed by atoms with Crippen molar-refractivity contribution in [3.63, 3.8) is 0 Å². The van der Waals surface area contributed by atoms with Crippen LogP contribution < -0.4 is 14.8 Å². The van der Waals surface area contributed by atoms with Gasteiger partial charge in [0.1, 0.15) is 11.5 Å². The summed E-state index contributed by atoms with van der Waals surface area (Å²) in [7, 11) is 0. The maximum atomic E-state index is 13.7. The molecule has 0 atom stereocenters. The van der Waals surface area contributed by atoms with Crippen LogP contribution in [0.4, 0.5) is 4.39 Å².